The zero-order valence-electron chi connectivity index (χ0n) is 10.9. The summed E-state index contributed by atoms with van der Waals surface area (Å²) in [6.07, 6.45) is 6.75. The molecular formula is C15H15BrN2O. The van der Waals surface area contributed by atoms with Gasteiger partial charge in [0.15, 0.2) is 5.78 Å². The number of aromatic nitrogens is 2. The van der Waals surface area contributed by atoms with Crippen molar-refractivity contribution < 1.29 is 4.79 Å². The first kappa shape index (κ1) is 13.7. The van der Waals surface area contributed by atoms with Crippen LogP contribution in [-0.2, 0) is 0 Å². The number of halogens is 1. The highest BCUT2D eigenvalue weighted by molar-refractivity contribution is 9.10. The lowest BCUT2D eigenvalue weighted by Crippen LogP contribution is -2.00. The van der Waals surface area contributed by atoms with Crippen molar-refractivity contribution >= 4 is 27.8 Å². The quantitative estimate of drug-likeness (QED) is 0.627. The van der Waals surface area contributed by atoms with Crippen molar-refractivity contribution in [1.29, 1.82) is 0 Å². The van der Waals surface area contributed by atoms with Crippen molar-refractivity contribution in [3.63, 3.8) is 0 Å². The van der Waals surface area contributed by atoms with Crippen molar-refractivity contribution in [2.24, 2.45) is 0 Å². The molecule has 0 aliphatic carbocycles. The molecule has 0 saturated heterocycles. The topological polar surface area (TPSA) is 34.9 Å². The maximum atomic E-state index is 12.0. The van der Waals surface area contributed by atoms with Gasteiger partial charge in [-0.25, -0.2) is 0 Å². The summed E-state index contributed by atoms with van der Waals surface area (Å²) in [5.74, 6) is -0.0392. The Balaban J connectivity index is 2.14. The largest absolute Gasteiger partial charge is 0.289 e. The number of hydrogen-bond donors (Lipinski definition) is 0. The predicted octanol–water partition coefficient (Wildman–Crippen LogP) is 4.12. The lowest BCUT2D eigenvalue weighted by atomic mass is 10.1. The van der Waals surface area contributed by atoms with Gasteiger partial charge in [0, 0.05) is 16.7 Å². The van der Waals surface area contributed by atoms with Gasteiger partial charge in [0.1, 0.15) is 0 Å². The summed E-state index contributed by atoms with van der Waals surface area (Å²) in [6, 6.07) is 8.03. The van der Waals surface area contributed by atoms with Crippen LogP contribution >= 0.6 is 15.9 Å². The zero-order valence-corrected chi connectivity index (χ0v) is 12.5. The number of ketones is 1. The molecule has 0 bridgehead atoms. The summed E-state index contributed by atoms with van der Waals surface area (Å²) in [6.45, 7) is 4.05. The third-order valence-corrected chi connectivity index (χ3v) is 3.46. The first-order valence-corrected chi connectivity index (χ1v) is 6.88. The number of carbonyl (C=O) groups excluding carboxylic acids is 1. The van der Waals surface area contributed by atoms with Gasteiger partial charge in [-0.3, -0.25) is 9.48 Å². The van der Waals surface area contributed by atoms with Crippen molar-refractivity contribution in [3.05, 3.63) is 58.3 Å². The minimum absolute atomic E-state index is 0.0392. The Labute approximate surface area is 121 Å². The first-order valence-electron chi connectivity index (χ1n) is 6.09. The highest BCUT2D eigenvalue weighted by atomic mass is 79.9. The van der Waals surface area contributed by atoms with Gasteiger partial charge < -0.3 is 0 Å². The zero-order chi connectivity index (χ0) is 13.8. The van der Waals surface area contributed by atoms with Crippen LogP contribution in [0.2, 0.25) is 0 Å². The average molecular weight is 319 g/mol. The molecule has 2 aromatic rings. The molecule has 0 spiro atoms. The van der Waals surface area contributed by atoms with Gasteiger partial charge in [-0.1, -0.05) is 34.1 Å². The second-order valence-corrected chi connectivity index (χ2v) is 5.38. The van der Waals surface area contributed by atoms with E-state index in [1.807, 2.05) is 38.1 Å². The summed E-state index contributed by atoms with van der Waals surface area (Å²) < 4.78 is 2.75. The molecule has 0 atom stereocenters. The van der Waals surface area contributed by atoms with Crippen LogP contribution in [0.5, 0.6) is 0 Å². The van der Waals surface area contributed by atoms with E-state index < -0.39 is 0 Å². The molecule has 0 aliphatic heterocycles. The molecule has 3 nitrogen and oxygen atoms in total. The van der Waals surface area contributed by atoms with Crippen LogP contribution in [0.25, 0.3) is 6.08 Å². The molecule has 0 saturated carbocycles. The fourth-order valence-corrected chi connectivity index (χ4v) is 2.04. The smallest absolute Gasteiger partial charge is 0.189 e. The Morgan fingerprint density at radius 3 is 2.74 bits per heavy atom. The van der Waals surface area contributed by atoms with Crippen LogP contribution < -0.4 is 0 Å². The van der Waals surface area contributed by atoms with E-state index in [4.69, 9.17) is 0 Å². The van der Waals surface area contributed by atoms with E-state index in [9.17, 15) is 4.79 Å². The van der Waals surface area contributed by atoms with Gasteiger partial charge >= 0.3 is 0 Å². The minimum atomic E-state index is -0.0392. The number of hydrogen-bond acceptors (Lipinski definition) is 2. The molecule has 4 heteroatoms. The van der Waals surface area contributed by atoms with Crippen LogP contribution in [0.15, 0.2) is 47.2 Å². The third-order valence-electron chi connectivity index (χ3n) is 2.73. The van der Waals surface area contributed by atoms with Crippen LogP contribution in [0.3, 0.4) is 0 Å². The first-order chi connectivity index (χ1) is 9.08. The molecule has 0 fully saturated rings. The van der Waals surface area contributed by atoms with Gasteiger partial charge in [0.2, 0.25) is 0 Å². The van der Waals surface area contributed by atoms with E-state index in [-0.39, 0.29) is 11.8 Å². The van der Waals surface area contributed by atoms with E-state index >= 15 is 0 Å². The molecule has 0 amide bonds. The number of allylic oxidation sites excluding steroid dienone is 1. The lowest BCUT2D eigenvalue weighted by Gasteiger charge is -2.02. The van der Waals surface area contributed by atoms with Gasteiger partial charge in [-0.2, -0.15) is 5.10 Å². The maximum Gasteiger partial charge on any atom is 0.189 e. The van der Waals surface area contributed by atoms with Crippen LogP contribution in [0, 0.1) is 0 Å². The number of nitrogens with zero attached hydrogens (tertiary/aromatic N) is 2. The van der Waals surface area contributed by atoms with Crippen LogP contribution in [0.1, 0.15) is 35.8 Å². The van der Waals surface area contributed by atoms with Crippen molar-refractivity contribution in [2.45, 2.75) is 19.9 Å². The van der Waals surface area contributed by atoms with E-state index in [1.54, 1.807) is 29.2 Å². The highest BCUT2D eigenvalue weighted by Gasteiger charge is 2.07. The van der Waals surface area contributed by atoms with Crippen molar-refractivity contribution in [3.8, 4) is 0 Å². The second kappa shape index (κ2) is 5.97. The molecule has 0 unspecified atom stereocenters. The molecule has 1 aromatic heterocycles. The maximum absolute atomic E-state index is 12.0. The number of benzene rings is 1. The predicted molar refractivity (Wildman–Crippen MR) is 80.1 cm³/mol. The summed E-state index contributed by atoms with van der Waals surface area (Å²) >= 11 is 3.45. The van der Waals surface area contributed by atoms with E-state index in [0.717, 1.165) is 10.0 Å². The highest BCUT2D eigenvalue weighted by Crippen LogP contribution is 2.17. The molecule has 0 radical (unpaired) electrons. The SMILES string of the molecule is CC(C)n1cc(C(=O)C=Cc2ccccc2Br)cn1. The number of carbonyl (C=O) groups is 1. The molecule has 0 aliphatic rings. The molecule has 19 heavy (non-hydrogen) atoms. The van der Waals surface area contributed by atoms with Gasteiger partial charge in [-0.15, -0.1) is 0 Å². The lowest BCUT2D eigenvalue weighted by molar-refractivity contribution is 0.104. The molecule has 98 valence electrons. The normalized spacial score (nSPS) is 11.4. The van der Waals surface area contributed by atoms with E-state index in [2.05, 4.69) is 21.0 Å². The number of rotatable bonds is 4. The molecule has 1 heterocycles. The molecule has 0 N–H and O–H groups in total. The van der Waals surface area contributed by atoms with E-state index in [1.165, 1.54) is 0 Å². The van der Waals surface area contributed by atoms with Gasteiger partial charge in [-0.05, 0) is 37.6 Å². The average Bonchev–Trinajstić information content (AvgIpc) is 2.87. The summed E-state index contributed by atoms with van der Waals surface area (Å²) in [5.41, 5.74) is 1.59. The monoisotopic (exact) mass is 318 g/mol. The van der Waals surface area contributed by atoms with Crippen molar-refractivity contribution in [2.75, 3.05) is 0 Å². The third kappa shape index (κ3) is 3.41. The fourth-order valence-electron chi connectivity index (χ4n) is 1.62. The van der Waals surface area contributed by atoms with Crippen LogP contribution in [0.4, 0.5) is 0 Å². The summed E-state index contributed by atoms with van der Waals surface area (Å²) in [4.78, 5) is 12.0. The molecule has 1 aromatic carbocycles. The summed E-state index contributed by atoms with van der Waals surface area (Å²) in [5, 5.41) is 4.16. The minimum Gasteiger partial charge on any atom is -0.289 e. The van der Waals surface area contributed by atoms with Gasteiger partial charge in [0.05, 0.1) is 11.8 Å². The fraction of sp³-hybridized carbons (Fsp3) is 0.200. The molecular weight excluding hydrogens is 304 g/mol. The van der Waals surface area contributed by atoms with Crippen LogP contribution in [-0.4, -0.2) is 15.6 Å². The Hall–Kier alpha value is -1.68. The Kier molecular flexibility index (Phi) is 4.32. The second-order valence-electron chi connectivity index (χ2n) is 4.52. The Bertz CT molecular complexity index is 614. The molecule has 2 rings (SSSR count). The Morgan fingerprint density at radius 2 is 2.11 bits per heavy atom. The van der Waals surface area contributed by atoms with E-state index in [0.29, 0.717) is 5.56 Å². The van der Waals surface area contributed by atoms with Gasteiger partial charge in [0.25, 0.3) is 0 Å². The standard InChI is InChI=1S/C15H15BrN2O/c1-11(2)18-10-13(9-17-18)15(19)8-7-12-5-3-4-6-14(12)16/h3-11H,1-2H3. The van der Waals surface area contributed by atoms with Crippen molar-refractivity contribution in [1.82, 2.24) is 9.78 Å². The summed E-state index contributed by atoms with van der Waals surface area (Å²) in [7, 11) is 0. The Morgan fingerprint density at radius 1 is 1.37 bits per heavy atom.